The van der Waals surface area contributed by atoms with Crippen LogP contribution in [0.4, 0.5) is 0 Å². The fraction of sp³-hybridized carbons (Fsp3) is 0.533. The molecule has 0 aromatic heterocycles. The van der Waals surface area contributed by atoms with Crippen molar-refractivity contribution in [3.05, 3.63) is 29.8 Å². The molecule has 1 unspecified atom stereocenters. The summed E-state index contributed by atoms with van der Waals surface area (Å²) in [7, 11) is 0. The molecule has 4 nitrogen and oxygen atoms in total. The van der Waals surface area contributed by atoms with Gasteiger partial charge in [0.1, 0.15) is 23.3 Å². The molecule has 4 heteroatoms. The summed E-state index contributed by atoms with van der Waals surface area (Å²) >= 11 is 0. The average molecular weight is 262 g/mol. The topological polar surface area (TPSA) is 68.3 Å². The van der Waals surface area contributed by atoms with Crippen LogP contribution in [0.2, 0.25) is 0 Å². The Morgan fingerprint density at radius 3 is 2.26 bits per heavy atom. The van der Waals surface area contributed by atoms with E-state index in [2.05, 4.69) is 27.7 Å². The van der Waals surface area contributed by atoms with Crippen molar-refractivity contribution in [1.82, 2.24) is 0 Å². The van der Waals surface area contributed by atoms with Gasteiger partial charge in [-0.2, -0.15) is 0 Å². The number of nitrogens with two attached hydrogens (primary N) is 1. The number of ether oxygens (including phenoxy) is 2. The summed E-state index contributed by atoms with van der Waals surface area (Å²) in [6.45, 7) is 8.26. The standard InChI is InChI=1S/C15H22N2O2/c1-14(2)9-12(15(3,4)19-14)18-11-7-5-10(6-8-11)13(16)17/h5-8,12H,9H2,1-4H3,(H3,16,17). The third-order valence-corrected chi connectivity index (χ3v) is 3.44. The molecule has 2 rings (SSSR count). The van der Waals surface area contributed by atoms with E-state index < -0.39 is 0 Å². The molecule has 0 aliphatic carbocycles. The fourth-order valence-corrected chi connectivity index (χ4v) is 2.57. The van der Waals surface area contributed by atoms with E-state index in [1.807, 2.05) is 12.1 Å². The summed E-state index contributed by atoms with van der Waals surface area (Å²) in [4.78, 5) is 0. The van der Waals surface area contributed by atoms with E-state index in [0.29, 0.717) is 5.56 Å². The minimum atomic E-state index is -0.303. The Hall–Kier alpha value is -1.55. The van der Waals surface area contributed by atoms with Gasteiger partial charge in [0.2, 0.25) is 0 Å². The Morgan fingerprint density at radius 1 is 1.26 bits per heavy atom. The number of hydrogen-bond donors (Lipinski definition) is 2. The quantitative estimate of drug-likeness (QED) is 0.650. The molecular weight excluding hydrogens is 240 g/mol. The van der Waals surface area contributed by atoms with Gasteiger partial charge in [-0.25, -0.2) is 0 Å². The van der Waals surface area contributed by atoms with Gasteiger partial charge in [-0.15, -0.1) is 0 Å². The first-order chi connectivity index (χ1) is 8.70. The molecule has 1 aliphatic heterocycles. The first-order valence-corrected chi connectivity index (χ1v) is 6.51. The van der Waals surface area contributed by atoms with Gasteiger partial charge in [-0.05, 0) is 52.0 Å². The first kappa shape index (κ1) is 13.9. The van der Waals surface area contributed by atoms with Crippen LogP contribution in [0.1, 0.15) is 39.7 Å². The molecule has 1 fully saturated rings. The molecule has 1 aromatic rings. The molecule has 1 aliphatic rings. The molecule has 0 spiro atoms. The number of rotatable bonds is 3. The highest BCUT2D eigenvalue weighted by Gasteiger charge is 2.47. The lowest BCUT2D eigenvalue weighted by molar-refractivity contribution is -0.0846. The zero-order valence-corrected chi connectivity index (χ0v) is 12.0. The summed E-state index contributed by atoms with van der Waals surface area (Å²) in [5.74, 6) is 0.849. The number of amidine groups is 1. The van der Waals surface area contributed by atoms with Gasteiger partial charge in [0.05, 0.1) is 5.60 Å². The van der Waals surface area contributed by atoms with Gasteiger partial charge in [0.25, 0.3) is 0 Å². The lowest BCUT2D eigenvalue weighted by atomic mass is 9.97. The van der Waals surface area contributed by atoms with Gasteiger partial charge in [0.15, 0.2) is 0 Å². The van der Waals surface area contributed by atoms with Crippen molar-refractivity contribution >= 4 is 5.84 Å². The predicted molar refractivity (Wildman–Crippen MR) is 75.7 cm³/mol. The molecule has 3 N–H and O–H groups in total. The average Bonchev–Trinajstić information content (AvgIpc) is 2.47. The third kappa shape index (κ3) is 3.07. The van der Waals surface area contributed by atoms with Crippen LogP contribution in [0.25, 0.3) is 0 Å². The van der Waals surface area contributed by atoms with Crippen molar-refractivity contribution < 1.29 is 9.47 Å². The number of nitrogens with one attached hydrogen (secondary N) is 1. The smallest absolute Gasteiger partial charge is 0.130 e. The molecule has 104 valence electrons. The number of hydrogen-bond acceptors (Lipinski definition) is 3. The van der Waals surface area contributed by atoms with Crippen molar-refractivity contribution in [1.29, 1.82) is 5.41 Å². The Bertz CT molecular complexity index is 477. The molecule has 1 atom stereocenters. The molecule has 1 heterocycles. The number of benzene rings is 1. The predicted octanol–water partition coefficient (Wildman–Crippen LogP) is 2.70. The molecule has 0 radical (unpaired) electrons. The zero-order valence-electron chi connectivity index (χ0n) is 12.0. The Balaban J connectivity index is 2.11. The van der Waals surface area contributed by atoms with Crippen molar-refractivity contribution in [3.8, 4) is 5.75 Å². The van der Waals surface area contributed by atoms with Gasteiger partial charge in [0, 0.05) is 12.0 Å². The Labute approximate surface area is 114 Å². The van der Waals surface area contributed by atoms with Crippen molar-refractivity contribution in [3.63, 3.8) is 0 Å². The highest BCUT2D eigenvalue weighted by molar-refractivity contribution is 5.94. The summed E-state index contributed by atoms with van der Waals surface area (Å²) in [5, 5.41) is 7.36. The highest BCUT2D eigenvalue weighted by Crippen LogP contribution is 2.39. The molecular formula is C15H22N2O2. The molecule has 0 amide bonds. The lowest BCUT2D eigenvalue weighted by Crippen LogP contribution is -2.36. The van der Waals surface area contributed by atoms with Crippen LogP contribution in [0, 0.1) is 5.41 Å². The van der Waals surface area contributed by atoms with Gasteiger partial charge in [-0.1, -0.05) is 0 Å². The van der Waals surface area contributed by atoms with Crippen molar-refractivity contribution in [2.24, 2.45) is 5.73 Å². The normalized spacial score (nSPS) is 24.1. The SMILES string of the molecule is CC1(C)CC(Oc2ccc(C(=N)N)cc2)C(C)(C)O1. The lowest BCUT2D eigenvalue weighted by Gasteiger charge is -2.27. The van der Waals surface area contributed by atoms with E-state index in [9.17, 15) is 0 Å². The number of nitrogen functional groups attached to an aromatic ring is 1. The third-order valence-electron chi connectivity index (χ3n) is 3.44. The van der Waals surface area contributed by atoms with E-state index in [1.54, 1.807) is 12.1 Å². The molecule has 0 bridgehead atoms. The van der Waals surface area contributed by atoms with Crippen LogP contribution in [0.15, 0.2) is 24.3 Å². The Kier molecular flexibility index (Phi) is 3.31. The van der Waals surface area contributed by atoms with Crippen LogP contribution in [-0.2, 0) is 4.74 Å². The van der Waals surface area contributed by atoms with Gasteiger partial charge in [-0.3, -0.25) is 5.41 Å². The summed E-state index contributed by atoms with van der Waals surface area (Å²) in [6.07, 6.45) is 0.875. The van der Waals surface area contributed by atoms with Crippen LogP contribution in [0.5, 0.6) is 5.75 Å². The second kappa shape index (κ2) is 4.53. The minimum Gasteiger partial charge on any atom is -0.487 e. The van der Waals surface area contributed by atoms with Crippen LogP contribution >= 0.6 is 0 Å². The van der Waals surface area contributed by atoms with Gasteiger partial charge < -0.3 is 15.2 Å². The van der Waals surface area contributed by atoms with Crippen molar-refractivity contribution in [2.75, 3.05) is 0 Å². The summed E-state index contributed by atoms with van der Waals surface area (Å²) in [5.41, 5.74) is 5.67. The van der Waals surface area contributed by atoms with Crippen LogP contribution in [0.3, 0.4) is 0 Å². The van der Waals surface area contributed by atoms with E-state index >= 15 is 0 Å². The maximum Gasteiger partial charge on any atom is 0.130 e. The molecule has 1 aromatic carbocycles. The Morgan fingerprint density at radius 2 is 1.84 bits per heavy atom. The second-order valence-corrected chi connectivity index (χ2v) is 6.21. The fourth-order valence-electron chi connectivity index (χ4n) is 2.57. The first-order valence-electron chi connectivity index (χ1n) is 6.51. The molecule has 0 saturated carbocycles. The largest absolute Gasteiger partial charge is 0.487 e. The van der Waals surface area contributed by atoms with E-state index in [-0.39, 0.29) is 23.1 Å². The maximum atomic E-state index is 7.36. The second-order valence-electron chi connectivity index (χ2n) is 6.21. The monoisotopic (exact) mass is 262 g/mol. The molecule has 19 heavy (non-hydrogen) atoms. The highest BCUT2D eigenvalue weighted by atomic mass is 16.6. The zero-order chi connectivity index (χ0) is 14.3. The minimum absolute atomic E-state index is 0.0191. The summed E-state index contributed by atoms with van der Waals surface area (Å²) < 4.78 is 12.0. The molecule has 1 saturated heterocycles. The summed E-state index contributed by atoms with van der Waals surface area (Å²) in [6, 6.07) is 7.29. The maximum absolute atomic E-state index is 7.36. The van der Waals surface area contributed by atoms with E-state index in [1.165, 1.54) is 0 Å². The van der Waals surface area contributed by atoms with Crippen molar-refractivity contribution in [2.45, 2.75) is 51.4 Å². The van der Waals surface area contributed by atoms with Gasteiger partial charge >= 0.3 is 0 Å². The van der Waals surface area contributed by atoms with E-state index in [0.717, 1.165) is 12.2 Å². The van der Waals surface area contributed by atoms with E-state index in [4.69, 9.17) is 20.6 Å². The van der Waals surface area contributed by atoms with Crippen LogP contribution in [-0.4, -0.2) is 23.1 Å². The van der Waals surface area contributed by atoms with Crippen LogP contribution < -0.4 is 10.5 Å².